The van der Waals surface area contributed by atoms with Crippen LogP contribution in [-0.4, -0.2) is 11.8 Å². The molecule has 0 amide bonds. The lowest BCUT2D eigenvalue weighted by Crippen LogP contribution is -2.09. The minimum Gasteiger partial charge on any atom is -0.452 e. The van der Waals surface area contributed by atoms with Gasteiger partial charge in [0.1, 0.15) is 17.3 Å². The van der Waals surface area contributed by atoms with Crippen molar-refractivity contribution in [2.75, 3.05) is 0 Å². The van der Waals surface area contributed by atoms with E-state index in [0.717, 1.165) is 0 Å². The average molecular weight is 409 g/mol. The molecule has 29 heavy (non-hydrogen) atoms. The third-order valence-electron chi connectivity index (χ3n) is 4.45. The summed E-state index contributed by atoms with van der Waals surface area (Å²) in [6, 6.07) is 15.3. The van der Waals surface area contributed by atoms with Crippen molar-refractivity contribution in [1.82, 2.24) is 0 Å². The first kappa shape index (κ1) is 18.9. The van der Waals surface area contributed by atoms with Gasteiger partial charge in [0.2, 0.25) is 5.78 Å². The van der Waals surface area contributed by atoms with E-state index in [9.17, 15) is 14.0 Å². The van der Waals surface area contributed by atoms with E-state index in [2.05, 4.69) is 0 Å². The highest BCUT2D eigenvalue weighted by Gasteiger charge is 2.30. The number of ether oxygens (including phenoxy) is 2. The van der Waals surface area contributed by atoms with Gasteiger partial charge in [-0.3, -0.25) is 4.79 Å². The number of Topliss-reactive ketones (excluding diaryl/α,β-unsaturated/α-hetero) is 1. The summed E-state index contributed by atoms with van der Waals surface area (Å²) in [5.41, 5.74) is 1.68. The SMILES string of the molecule is Cc1c(OC(=O)c2cccc(Cl)c2)ccc2c1O/C(=C\c1cccc(F)c1)C2=O. The molecule has 0 radical (unpaired) electrons. The highest BCUT2D eigenvalue weighted by atomic mass is 35.5. The molecule has 0 atom stereocenters. The van der Waals surface area contributed by atoms with Crippen molar-refractivity contribution in [3.63, 3.8) is 0 Å². The van der Waals surface area contributed by atoms with Crippen molar-refractivity contribution >= 4 is 29.4 Å². The molecule has 1 aliphatic heterocycles. The fraction of sp³-hybridized carbons (Fsp3) is 0.0435. The highest BCUT2D eigenvalue weighted by Crippen LogP contribution is 2.39. The van der Waals surface area contributed by atoms with Crippen molar-refractivity contribution in [2.24, 2.45) is 0 Å². The third kappa shape index (κ3) is 3.77. The summed E-state index contributed by atoms with van der Waals surface area (Å²) in [7, 11) is 0. The van der Waals surface area contributed by atoms with Gasteiger partial charge in [-0.1, -0.05) is 29.8 Å². The number of ketones is 1. The highest BCUT2D eigenvalue weighted by molar-refractivity contribution is 6.30. The number of carbonyl (C=O) groups excluding carboxylic acids is 2. The largest absolute Gasteiger partial charge is 0.452 e. The first-order valence-corrected chi connectivity index (χ1v) is 9.11. The monoisotopic (exact) mass is 408 g/mol. The van der Waals surface area contributed by atoms with Crippen LogP contribution in [0.15, 0.2) is 66.4 Å². The molecule has 0 saturated heterocycles. The van der Waals surface area contributed by atoms with Crippen molar-refractivity contribution in [2.45, 2.75) is 6.92 Å². The van der Waals surface area contributed by atoms with Crippen LogP contribution in [0.1, 0.15) is 31.8 Å². The Balaban J connectivity index is 1.62. The van der Waals surface area contributed by atoms with E-state index >= 15 is 0 Å². The first-order valence-electron chi connectivity index (χ1n) is 8.73. The Morgan fingerprint density at radius 2 is 1.90 bits per heavy atom. The molecule has 0 fully saturated rings. The first-order chi connectivity index (χ1) is 13.9. The van der Waals surface area contributed by atoms with E-state index in [1.165, 1.54) is 30.3 Å². The zero-order chi connectivity index (χ0) is 20.5. The Labute approximate surface area is 171 Å². The van der Waals surface area contributed by atoms with Crippen LogP contribution in [0, 0.1) is 12.7 Å². The quantitative estimate of drug-likeness (QED) is 0.320. The lowest BCUT2D eigenvalue weighted by Gasteiger charge is -2.10. The van der Waals surface area contributed by atoms with Gasteiger partial charge < -0.3 is 9.47 Å². The number of allylic oxidation sites excluding steroid dienone is 1. The van der Waals surface area contributed by atoms with Crippen molar-refractivity contribution < 1.29 is 23.5 Å². The zero-order valence-corrected chi connectivity index (χ0v) is 16.0. The maximum atomic E-state index is 13.4. The molecule has 1 aliphatic rings. The number of carbonyl (C=O) groups is 2. The molecule has 0 N–H and O–H groups in total. The molecule has 144 valence electrons. The summed E-state index contributed by atoms with van der Waals surface area (Å²) in [4.78, 5) is 25.0. The average Bonchev–Trinajstić information content (AvgIpc) is 3.00. The second-order valence-electron chi connectivity index (χ2n) is 6.46. The van der Waals surface area contributed by atoms with Gasteiger partial charge in [0, 0.05) is 10.6 Å². The van der Waals surface area contributed by atoms with Crippen molar-refractivity contribution in [1.29, 1.82) is 0 Å². The van der Waals surface area contributed by atoms with Crippen LogP contribution in [0.3, 0.4) is 0 Å². The number of hydrogen-bond acceptors (Lipinski definition) is 4. The maximum Gasteiger partial charge on any atom is 0.343 e. The van der Waals surface area contributed by atoms with Crippen LogP contribution in [-0.2, 0) is 0 Å². The Morgan fingerprint density at radius 3 is 2.66 bits per heavy atom. The molecule has 0 bridgehead atoms. The van der Waals surface area contributed by atoms with Gasteiger partial charge >= 0.3 is 5.97 Å². The smallest absolute Gasteiger partial charge is 0.343 e. The molecule has 1 heterocycles. The van der Waals surface area contributed by atoms with Crippen LogP contribution in [0.4, 0.5) is 4.39 Å². The normalized spacial score (nSPS) is 13.9. The standard InChI is InChI=1S/C23H14ClFO4/c1-13-19(29-23(27)15-5-3-6-16(24)12-15)9-8-18-21(26)20(28-22(13)18)11-14-4-2-7-17(25)10-14/h2-12H,1H3/b20-11-. The molecule has 0 saturated carbocycles. The summed E-state index contributed by atoms with van der Waals surface area (Å²) in [6.45, 7) is 1.69. The molecule has 0 aliphatic carbocycles. The summed E-state index contributed by atoms with van der Waals surface area (Å²) < 4.78 is 24.6. The third-order valence-corrected chi connectivity index (χ3v) is 4.68. The van der Waals surface area contributed by atoms with E-state index in [0.29, 0.717) is 33.0 Å². The molecule has 4 nitrogen and oxygen atoms in total. The minimum atomic E-state index is -0.574. The predicted molar refractivity (Wildman–Crippen MR) is 107 cm³/mol. The molecule has 6 heteroatoms. The van der Waals surface area contributed by atoms with Crippen LogP contribution in [0.5, 0.6) is 11.5 Å². The Hall–Kier alpha value is -3.44. The van der Waals surface area contributed by atoms with E-state index < -0.39 is 11.8 Å². The molecular formula is C23H14ClFO4. The predicted octanol–water partition coefficient (Wildman–Crippen LogP) is 5.62. The van der Waals surface area contributed by atoms with Crippen LogP contribution in [0.2, 0.25) is 5.02 Å². The van der Waals surface area contributed by atoms with Gasteiger partial charge in [-0.05, 0) is 61.0 Å². The maximum absolute atomic E-state index is 13.4. The van der Waals surface area contributed by atoms with Gasteiger partial charge in [0.05, 0.1) is 11.1 Å². The summed E-state index contributed by atoms with van der Waals surface area (Å²) in [5, 5.41) is 0.422. The van der Waals surface area contributed by atoms with Gasteiger partial charge in [0.25, 0.3) is 0 Å². The molecule has 3 aromatic carbocycles. The second kappa shape index (κ2) is 7.53. The molecule has 0 spiro atoms. The second-order valence-corrected chi connectivity index (χ2v) is 6.90. The summed E-state index contributed by atoms with van der Waals surface area (Å²) in [6.07, 6.45) is 1.47. The van der Waals surface area contributed by atoms with E-state index in [-0.39, 0.29) is 17.3 Å². The van der Waals surface area contributed by atoms with Gasteiger partial charge in [0.15, 0.2) is 5.76 Å². The summed E-state index contributed by atoms with van der Waals surface area (Å²) in [5.74, 6) is -0.640. The van der Waals surface area contributed by atoms with Crippen molar-refractivity contribution in [3.05, 3.63) is 99.5 Å². The molecule has 4 rings (SSSR count). The molecule has 0 aromatic heterocycles. The van der Waals surface area contributed by atoms with Crippen molar-refractivity contribution in [3.8, 4) is 11.5 Å². The summed E-state index contributed by atoms with van der Waals surface area (Å²) >= 11 is 5.91. The van der Waals surface area contributed by atoms with Crippen LogP contribution in [0.25, 0.3) is 6.08 Å². The number of esters is 1. The number of hydrogen-bond donors (Lipinski definition) is 0. The lowest BCUT2D eigenvalue weighted by atomic mass is 10.1. The number of benzene rings is 3. The topological polar surface area (TPSA) is 52.6 Å². The zero-order valence-electron chi connectivity index (χ0n) is 15.2. The lowest BCUT2D eigenvalue weighted by molar-refractivity contribution is 0.0733. The van der Waals surface area contributed by atoms with E-state index in [4.69, 9.17) is 21.1 Å². The fourth-order valence-electron chi connectivity index (χ4n) is 3.00. The molecule has 3 aromatic rings. The Kier molecular flexibility index (Phi) is 4.91. The fourth-order valence-corrected chi connectivity index (χ4v) is 3.19. The number of halogens is 2. The minimum absolute atomic E-state index is 0.0759. The molecular weight excluding hydrogens is 395 g/mol. The van der Waals surface area contributed by atoms with Gasteiger partial charge in [-0.2, -0.15) is 0 Å². The van der Waals surface area contributed by atoms with E-state index in [1.54, 1.807) is 43.3 Å². The Morgan fingerprint density at radius 1 is 1.10 bits per heavy atom. The van der Waals surface area contributed by atoms with Crippen LogP contribution >= 0.6 is 11.6 Å². The van der Waals surface area contributed by atoms with E-state index in [1.807, 2.05) is 0 Å². The van der Waals surface area contributed by atoms with Crippen LogP contribution < -0.4 is 9.47 Å². The number of rotatable bonds is 3. The van der Waals surface area contributed by atoms with Gasteiger partial charge in [-0.25, -0.2) is 9.18 Å². The number of fused-ring (bicyclic) bond motifs is 1. The Bertz CT molecular complexity index is 1180. The van der Waals surface area contributed by atoms with Gasteiger partial charge in [-0.15, -0.1) is 0 Å². The molecule has 0 unspecified atom stereocenters.